The molecule has 1 saturated heterocycles. The van der Waals surface area contributed by atoms with Crippen molar-refractivity contribution in [1.82, 2.24) is 9.47 Å². The zero-order valence-corrected chi connectivity index (χ0v) is 14.4. The molecule has 0 aromatic carbocycles. The third-order valence-electron chi connectivity index (χ3n) is 4.48. The first-order valence-electron chi connectivity index (χ1n) is 8.31. The number of amides is 1. The van der Waals surface area contributed by atoms with Crippen LogP contribution < -0.4 is 5.56 Å². The largest absolute Gasteiger partial charge is 0.454 e. The standard InChI is InChI=1S/C19H18N2O3S/c22-18-7-1-2-10-20(18)13-14-8-9-16(24-14)19(23)21-11-3-5-15(21)17-6-4-12-25-17/h1-2,4,6-10,12,15H,3,5,11,13H2. The Balaban J connectivity index is 1.52. The van der Waals surface area contributed by atoms with Gasteiger partial charge in [-0.2, -0.15) is 0 Å². The van der Waals surface area contributed by atoms with Crippen LogP contribution >= 0.6 is 11.3 Å². The average molecular weight is 354 g/mol. The molecule has 6 heteroatoms. The van der Waals surface area contributed by atoms with Crippen molar-refractivity contribution in [2.24, 2.45) is 0 Å². The summed E-state index contributed by atoms with van der Waals surface area (Å²) in [5, 5.41) is 2.04. The maximum Gasteiger partial charge on any atom is 0.290 e. The van der Waals surface area contributed by atoms with Gasteiger partial charge in [-0.25, -0.2) is 0 Å². The van der Waals surface area contributed by atoms with Crippen LogP contribution in [0, 0.1) is 0 Å². The summed E-state index contributed by atoms with van der Waals surface area (Å²) in [5.41, 5.74) is -0.0934. The summed E-state index contributed by atoms with van der Waals surface area (Å²) >= 11 is 1.68. The number of rotatable bonds is 4. The van der Waals surface area contributed by atoms with E-state index in [1.165, 1.54) is 10.9 Å². The molecular weight excluding hydrogens is 336 g/mol. The van der Waals surface area contributed by atoms with Crippen LogP contribution in [0.2, 0.25) is 0 Å². The van der Waals surface area contributed by atoms with Gasteiger partial charge in [0.05, 0.1) is 12.6 Å². The highest BCUT2D eigenvalue weighted by Crippen LogP contribution is 2.35. The Morgan fingerprint density at radius 1 is 1.20 bits per heavy atom. The van der Waals surface area contributed by atoms with Crippen LogP contribution in [0.1, 0.15) is 40.1 Å². The van der Waals surface area contributed by atoms with Crippen LogP contribution in [0.25, 0.3) is 0 Å². The molecule has 4 rings (SSSR count). The van der Waals surface area contributed by atoms with Crippen LogP contribution in [0.15, 0.2) is 63.3 Å². The van der Waals surface area contributed by atoms with Gasteiger partial charge in [0.25, 0.3) is 11.5 Å². The predicted molar refractivity (Wildman–Crippen MR) is 95.8 cm³/mol. The number of aromatic nitrogens is 1. The first kappa shape index (κ1) is 15.9. The SMILES string of the molecule is O=C(c1ccc(Cn2ccccc2=O)o1)N1CCCC1c1cccs1. The fourth-order valence-electron chi connectivity index (χ4n) is 3.27. The van der Waals surface area contributed by atoms with Gasteiger partial charge in [-0.3, -0.25) is 9.59 Å². The van der Waals surface area contributed by atoms with E-state index in [0.29, 0.717) is 18.1 Å². The van der Waals surface area contributed by atoms with Crippen molar-refractivity contribution in [1.29, 1.82) is 0 Å². The molecule has 1 unspecified atom stereocenters. The highest BCUT2D eigenvalue weighted by molar-refractivity contribution is 7.10. The summed E-state index contributed by atoms with van der Waals surface area (Å²) in [4.78, 5) is 27.8. The second kappa shape index (κ2) is 6.72. The van der Waals surface area contributed by atoms with E-state index >= 15 is 0 Å². The normalized spacial score (nSPS) is 17.1. The molecule has 25 heavy (non-hydrogen) atoms. The molecule has 3 aromatic heterocycles. The van der Waals surface area contributed by atoms with Crippen molar-refractivity contribution >= 4 is 17.2 Å². The van der Waals surface area contributed by atoms with E-state index in [-0.39, 0.29) is 17.5 Å². The second-order valence-corrected chi connectivity index (χ2v) is 7.08. The van der Waals surface area contributed by atoms with E-state index in [0.717, 1.165) is 19.4 Å². The van der Waals surface area contributed by atoms with Crippen molar-refractivity contribution in [2.45, 2.75) is 25.4 Å². The van der Waals surface area contributed by atoms with Gasteiger partial charge in [0.15, 0.2) is 5.76 Å². The molecule has 1 fully saturated rings. The van der Waals surface area contributed by atoms with Gasteiger partial charge in [-0.1, -0.05) is 12.1 Å². The van der Waals surface area contributed by atoms with Crippen LogP contribution in [-0.2, 0) is 6.54 Å². The number of hydrogen-bond acceptors (Lipinski definition) is 4. The maximum absolute atomic E-state index is 12.9. The lowest BCUT2D eigenvalue weighted by atomic mass is 10.2. The van der Waals surface area contributed by atoms with Gasteiger partial charge in [-0.15, -0.1) is 11.3 Å². The van der Waals surface area contributed by atoms with Crippen molar-refractivity contribution < 1.29 is 9.21 Å². The molecule has 1 atom stereocenters. The van der Waals surface area contributed by atoms with Crippen LogP contribution in [0.4, 0.5) is 0 Å². The summed E-state index contributed by atoms with van der Waals surface area (Å²) in [7, 11) is 0. The molecule has 1 aliphatic heterocycles. The molecule has 1 amide bonds. The third-order valence-corrected chi connectivity index (χ3v) is 5.46. The highest BCUT2D eigenvalue weighted by atomic mass is 32.1. The van der Waals surface area contributed by atoms with Gasteiger partial charge in [0, 0.05) is 23.7 Å². The minimum absolute atomic E-state index is 0.0810. The van der Waals surface area contributed by atoms with E-state index in [1.807, 2.05) is 16.3 Å². The Hall–Kier alpha value is -2.60. The minimum Gasteiger partial charge on any atom is -0.454 e. The molecule has 128 valence electrons. The molecule has 0 bridgehead atoms. The van der Waals surface area contributed by atoms with Crippen molar-refractivity contribution in [2.75, 3.05) is 6.54 Å². The zero-order chi connectivity index (χ0) is 17.2. The Labute approximate surface area is 149 Å². The molecule has 0 radical (unpaired) electrons. The molecule has 0 aliphatic carbocycles. The number of pyridine rings is 1. The molecule has 3 aromatic rings. The Morgan fingerprint density at radius 2 is 2.12 bits per heavy atom. The highest BCUT2D eigenvalue weighted by Gasteiger charge is 2.32. The minimum atomic E-state index is -0.0934. The van der Waals surface area contributed by atoms with E-state index in [1.54, 1.807) is 46.4 Å². The summed E-state index contributed by atoms with van der Waals surface area (Å²) in [6.07, 6.45) is 3.69. The van der Waals surface area contributed by atoms with Gasteiger partial charge in [-0.05, 0) is 42.5 Å². The van der Waals surface area contributed by atoms with E-state index in [4.69, 9.17) is 4.42 Å². The van der Waals surface area contributed by atoms with Crippen LogP contribution in [0.5, 0.6) is 0 Å². The van der Waals surface area contributed by atoms with Gasteiger partial charge in [0.1, 0.15) is 5.76 Å². The number of hydrogen-bond donors (Lipinski definition) is 0. The topological polar surface area (TPSA) is 55.5 Å². The zero-order valence-electron chi connectivity index (χ0n) is 13.6. The van der Waals surface area contributed by atoms with E-state index < -0.39 is 0 Å². The molecule has 0 N–H and O–H groups in total. The first-order chi connectivity index (χ1) is 12.2. The number of furan rings is 1. The summed E-state index contributed by atoms with van der Waals surface area (Å²) < 4.78 is 7.29. The number of nitrogens with zero attached hydrogens (tertiary/aromatic N) is 2. The third kappa shape index (κ3) is 3.17. The second-order valence-electron chi connectivity index (χ2n) is 6.10. The molecular formula is C19H18N2O3S. The lowest BCUT2D eigenvalue weighted by molar-refractivity contribution is 0.0703. The number of carbonyl (C=O) groups is 1. The van der Waals surface area contributed by atoms with Crippen molar-refractivity contribution in [3.8, 4) is 0 Å². The molecule has 1 aliphatic rings. The molecule has 0 spiro atoms. The Morgan fingerprint density at radius 3 is 2.92 bits per heavy atom. The molecule has 5 nitrogen and oxygen atoms in total. The monoisotopic (exact) mass is 354 g/mol. The van der Waals surface area contributed by atoms with E-state index in [2.05, 4.69) is 6.07 Å². The van der Waals surface area contributed by atoms with Crippen LogP contribution in [0.3, 0.4) is 0 Å². The van der Waals surface area contributed by atoms with Crippen LogP contribution in [-0.4, -0.2) is 21.9 Å². The summed E-state index contributed by atoms with van der Waals surface area (Å²) in [5.74, 6) is 0.855. The quantitative estimate of drug-likeness (QED) is 0.720. The Bertz CT molecular complexity index is 926. The maximum atomic E-state index is 12.9. The molecule has 4 heterocycles. The molecule has 0 saturated carbocycles. The average Bonchev–Trinajstić information content (AvgIpc) is 3.37. The summed E-state index contributed by atoms with van der Waals surface area (Å²) in [6.45, 7) is 1.07. The van der Waals surface area contributed by atoms with Crippen molar-refractivity contribution in [3.63, 3.8) is 0 Å². The van der Waals surface area contributed by atoms with Gasteiger partial charge >= 0.3 is 0 Å². The Kier molecular flexibility index (Phi) is 4.28. The van der Waals surface area contributed by atoms with E-state index in [9.17, 15) is 9.59 Å². The van der Waals surface area contributed by atoms with Crippen molar-refractivity contribution in [3.05, 3.63) is 80.8 Å². The number of carbonyl (C=O) groups excluding carboxylic acids is 1. The summed E-state index contributed by atoms with van der Waals surface area (Å²) in [6, 6.07) is 12.7. The lowest BCUT2D eigenvalue weighted by Gasteiger charge is -2.22. The van der Waals surface area contributed by atoms with Gasteiger partial charge < -0.3 is 13.9 Å². The fraction of sp³-hybridized carbons (Fsp3) is 0.263. The number of likely N-dealkylation sites (tertiary alicyclic amines) is 1. The predicted octanol–water partition coefficient (Wildman–Crippen LogP) is 3.53. The fourth-order valence-corrected chi connectivity index (χ4v) is 4.14. The first-order valence-corrected chi connectivity index (χ1v) is 9.19. The lowest BCUT2D eigenvalue weighted by Crippen LogP contribution is -2.29. The van der Waals surface area contributed by atoms with Gasteiger partial charge in [0.2, 0.25) is 0 Å². The number of thiophene rings is 1. The smallest absolute Gasteiger partial charge is 0.290 e.